The van der Waals surface area contributed by atoms with E-state index in [-0.39, 0.29) is 6.61 Å². The summed E-state index contributed by atoms with van der Waals surface area (Å²) < 4.78 is 19.0. The number of hydrogen-bond donors (Lipinski definition) is 4. The topological polar surface area (TPSA) is 135 Å². The summed E-state index contributed by atoms with van der Waals surface area (Å²) in [6.45, 7) is 7.99. The van der Waals surface area contributed by atoms with Crippen LogP contribution in [0.15, 0.2) is 40.6 Å². The predicted molar refractivity (Wildman–Crippen MR) is 155 cm³/mol. The van der Waals surface area contributed by atoms with Crippen LogP contribution in [0, 0.1) is 13.8 Å². The van der Waals surface area contributed by atoms with Crippen LogP contribution >= 0.6 is 0 Å². The molecule has 4 N–H and O–H groups in total. The Labute approximate surface area is 240 Å². The smallest absolute Gasteiger partial charge is 0.337 e. The van der Waals surface area contributed by atoms with Crippen molar-refractivity contribution in [3.8, 4) is 11.5 Å². The predicted octanol–water partition coefficient (Wildman–Crippen LogP) is 4.13. The van der Waals surface area contributed by atoms with Gasteiger partial charge in [-0.25, -0.2) is 9.59 Å². The van der Waals surface area contributed by atoms with Crippen LogP contribution in [-0.4, -0.2) is 54.4 Å². The van der Waals surface area contributed by atoms with E-state index in [1.54, 1.807) is 31.3 Å². The molecule has 41 heavy (non-hydrogen) atoms. The maximum absolute atomic E-state index is 12.4. The van der Waals surface area contributed by atoms with Gasteiger partial charge in [0.05, 0.1) is 31.5 Å². The number of aliphatic hydroxyl groups excluding tert-OH is 1. The molecule has 0 spiro atoms. The number of benzene rings is 1. The number of aromatic nitrogens is 1. The van der Waals surface area contributed by atoms with E-state index < -0.39 is 24.3 Å². The van der Waals surface area contributed by atoms with E-state index in [2.05, 4.69) is 45.6 Å². The number of allylic oxidation sites excluding steroid dienone is 1. The summed E-state index contributed by atoms with van der Waals surface area (Å²) in [6.07, 6.45) is 6.94. The van der Waals surface area contributed by atoms with Crippen molar-refractivity contribution >= 4 is 18.2 Å². The fraction of sp³-hybridized carbons (Fsp3) is 0.500. The Kier molecular flexibility index (Phi) is 9.93. The molecule has 0 saturated heterocycles. The molecule has 11 nitrogen and oxygen atoms in total. The van der Waals surface area contributed by atoms with E-state index in [0.717, 1.165) is 5.56 Å². The minimum atomic E-state index is -1.07. The van der Waals surface area contributed by atoms with Crippen molar-refractivity contribution in [2.45, 2.75) is 78.1 Å². The number of aryl methyl sites for hydroxylation is 1. The van der Waals surface area contributed by atoms with Gasteiger partial charge in [-0.05, 0) is 64.3 Å². The molecule has 2 aliphatic rings. The molecular weight excluding hydrogens is 526 g/mol. The molecule has 2 aromatic rings. The molecule has 2 heterocycles. The van der Waals surface area contributed by atoms with Crippen molar-refractivity contribution in [3.05, 3.63) is 58.1 Å². The van der Waals surface area contributed by atoms with Gasteiger partial charge in [0.2, 0.25) is 0 Å². The minimum Gasteiger partial charge on any atom is -0.490 e. The molecule has 2 amide bonds. The van der Waals surface area contributed by atoms with Crippen LogP contribution in [0.3, 0.4) is 0 Å². The van der Waals surface area contributed by atoms with E-state index in [4.69, 9.17) is 14.2 Å². The van der Waals surface area contributed by atoms with E-state index in [1.165, 1.54) is 50.6 Å². The molecule has 0 unspecified atom stereocenters. The summed E-state index contributed by atoms with van der Waals surface area (Å²) in [5, 5.41) is 20.1. The fourth-order valence-electron chi connectivity index (χ4n) is 5.65. The third kappa shape index (κ3) is 7.02. The third-order valence-corrected chi connectivity index (χ3v) is 7.56. The van der Waals surface area contributed by atoms with Crippen molar-refractivity contribution < 1.29 is 28.9 Å². The number of carbonyl (C=O) groups excluding carboxylic acids is 2. The minimum absolute atomic E-state index is 0.0889. The molecule has 11 heteroatoms. The zero-order valence-corrected chi connectivity index (χ0v) is 24.5. The molecule has 1 aromatic carbocycles. The van der Waals surface area contributed by atoms with Gasteiger partial charge in [0, 0.05) is 28.7 Å². The Hall–Kier alpha value is -3.99. The standard InChI is InChI=1S/C30H41N5O6/c1-6-40-25-15-21(28-27(29(37)39-5)19(3)32-30(38)33-28)12-13-24(25)41-17-26(36)34-31-16-22-14-18(2)35(20(22)4)23-10-8-7-9-11-23/h12-16,23,26,28,34,36H,6-11,17H2,1-5H3,(H2,32,33,38)/b31-16-/t26-,28+/m0/s1. The van der Waals surface area contributed by atoms with Crippen LogP contribution in [0.1, 0.15) is 80.6 Å². The molecule has 1 aliphatic heterocycles. The van der Waals surface area contributed by atoms with E-state index in [1.807, 2.05) is 6.92 Å². The quantitative estimate of drug-likeness (QED) is 0.139. The summed E-state index contributed by atoms with van der Waals surface area (Å²) in [5.74, 6) is 0.256. The van der Waals surface area contributed by atoms with Crippen LogP contribution in [0.5, 0.6) is 11.5 Å². The highest BCUT2D eigenvalue weighted by Gasteiger charge is 2.32. The monoisotopic (exact) mass is 567 g/mol. The average molecular weight is 568 g/mol. The van der Waals surface area contributed by atoms with Gasteiger partial charge in [0.1, 0.15) is 6.61 Å². The van der Waals surface area contributed by atoms with Gasteiger partial charge in [-0.3, -0.25) is 5.43 Å². The number of carbonyl (C=O) groups is 2. The average Bonchev–Trinajstić information content (AvgIpc) is 3.24. The Morgan fingerprint density at radius 2 is 1.93 bits per heavy atom. The van der Waals surface area contributed by atoms with Gasteiger partial charge in [-0.1, -0.05) is 25.3 Å². The summed E-state index contributed by atoms with van der Waals surface area (Å²) in [4.78, 5) is 24.6. The zero-order valence-electron chi connectivity index (χ0n) is 24.5. The third-order valence-electron chi connectivity index (χ3n) is 7.56. The van der Waals surface area contributed by atoms with Crippen LogP contribution in [-0.2, 0) is 9.53 Å². The molecule has 0 bridgehead atoms. The van der Waals surface area contributed by atoms with Crippen molar-refractivity contribution in [2.24, 2.45) is 5.10 Å². The molecule has 1 saturated carbocycles. The molecule has 2 atom stereocenters. The highest BCUT2D eigenvalue weighted by atomic mass is 16.5. The molecule has 1 aromatic heterocycles. The van der Waals surface area contributed by atoms with Crippen LogP contribution in [0.4, 0.5) is 4.79 Å². The van der Waals surface area contributed by atoms with Gasteiger partial charge < -0.3 is 34.5 Å². The summed E-state index contributed by atoms with van der Waals surface area (Å²) in [6, 6.07) is 6.61. The van der Waals surface area contributed by atoms with Gasteiger partial charge in [0.25, 0.3) is 0 Å². The van der Waals surface area contributed by atoms with Crippen molar-refractivity contribution in [1.29, 1.82) is 0 Å². The summed E-state index contributed by atoms with van der Waals surface area (Å²) in [5.41, 5.74) is 7.46. The normalized spacial score (nSPS) is 18.6. The summed E-state index contributed by atoms with van der Waals surface area (Å²) >= 11 is 0. The van der Waals surface area contributed by atoms with Crippen LogP contribution in [0.2, 0.25) is 0 Å². The van der Waals surface area contributed by atoms with Gasteiger partial charge >= 0.3 is 12.0 Å². The highest BCUT2D eigenvalue weighted by Crippen LogP contribution is 2.35. The first-order chi connectivity index (χ1) is 19.7. The fourth-order valence-corrected chi connectivity index (χ4v) is 5.65. The lowest BCUT2D eigenvalue weighted by Crippen LogP contribution is -2.45. The molecule has 1 fully saturated rings. The van der Waals surface area contributed by atoms with Crippen molar-refractivity contribution in [1.82, 2.24) is 20.6 Å². The van der Waals surface area contributed by atoms with Gasteiger partial charge in [-0.15, -0.1) is 0 Å². The first-order valence-corrected chi connectivity index (χ1v) is 14.1. The molecular formula is C30H41N5O6. The molecule has 222 valence electrons. The Morgan fingerprint density at radius 3 is 2.63 bits per heavy atom. The second-order valence-corrected chi connectivity index (χ2v) is 10.4. The first-order valence-electron chi connectivity index (χ1n) is 14.1. The second kappa shape index (κ2) is 13.6. The van der Waals surface area contributed by atoms with E-state index in [0.29, 0.717) is 41.0 Å². The lowest BCUT2D eigenvalue weighted by atomic mass is 9.95. The maximum Gasteiger partial charge on any atom is 0.337 e. The molecule has 0 radical (unpaired) electrons. The Balaban J connectivity index is 1.41. The van der Waals surface area contributed by atoms with Crippen LogP contribution in [0.25, 0.3) is 0 Å². The molecule has 1 aliphatic carbocycles. The van der Waals surface area contributed by atoms with Crippen molar-refractivity contribution in [3.63, 3.8) is 0 Å². The summed E-state index contributed by atoms with van der Waals surface area (Å²) in [7, 11) is 1.29. The largest absolute Gasteiger partial charge is 0.490 e. The number of hydrazone groups is 1. The lowest BCUT2D eigenvalue weighted by molar-refractivity contribution is -0.136. The number of hydrogen-bond acceptors (Lipinski definition) is 8. The Morgan fingerprint density at radius 1 is 1.17 bits per heavy atom. The number of ether oxygens (including phenoxy) is 3. The van der Waals surface area contributed by atoms with Gasteiger partial charge in [0.15, 0.2) is 17.7 Å². The second-order valence-electron chi connectivity index (χ2n) is 10.4. The number of amides is 2. The number of nitrogens with zero attached hydrogens (tertiary/aromatic N) is 2. The van der Waals surface area contributed by atoms with E-state index in [9.17, 15) is 14.7 Å². The van der Waals surface area contributed by atoms with E-state index >= 15 is 0 Å². The number of aliphatic hydroxyl groups is 1. The maximum atomic E-state index is 12.4. The van der Waals surface area contributed by atoms with Crippen molar-refractivity contribution in [2.75, 3.05) is 20.3 Å². The number of esters is 1. The number of nitrogens with one attached hydrogen (secondary N) is 3. The zero-order chi connectivity index (χ0) is 29.5. The number of rotatable bonds is 11. The lowest BCUT2D eigenvalue weighted by Gasteiger charge is -2.28. The number of methoxy groups -OCH3 is 1. The first kappa shape index (κ1) is 30.0. The Bertz CT molecular complexity index is 1310. The van der Waals surface area contributed by atoms with Gasteiger partial charge in [-0.2, -0.15) is 5.10 Å². The highest BCUT2D eigenvalue weighted by molar-refractivity contribution is 5.95. The van der Waals surface area contributed by atoms with Crippen LogP contribution < -0.4 is 25.5 Å². The molecule has 4 rings (SSSR count). The SMILES string of the molecule is CCOc1cc([C@H]2NC(=O)NC(C)=C2C(=O)OC)ccc1OC[C@H](O)N/N=C\c1cc(C)n(C2CCCCC2)c1C. The number of urea groups is 1.